The first-order valence-electron chi connectivity index (χ1n) is 17.5. The molecule has 8 aromatic carbocycles. The second kappa shape index (κ2) is 11.6. The third-order valence-corrected chi connectivity index (χ3v) is 10.5. The lowest BCUT2D eigenvalue weighted by Crippen LogP contribution is -2.15. The summed E-state index contributed by atoms with van der Waals surface area (Å²) < 4.78 is 0. The SMILES string of the molecule is C1=CCC2C(=C1)N(c1ccccc1)c1cc(N(c3ccccc3)c3ccc(-c4ccc5c(ccc6c7ccccc7ccc56)c4)cc3)ccc12. The zero-order valence-electron chi connectivity index (χ0n) is 27.6. The van der Waals surface area contributed by atoms with E-state index in [9.17, 15) is 0 Å². The summed E-state index contributed by atoms with van der Waals surface area (Å²) in [6, 6.07) is 62.1. The van der Waals surface area contributed by atoms with Gasteiger partial charge in [-0.15, -0.1) is 0 Å². The fourth-order valence-corrected chi connectivity index (χ4v) is 8.13. The molecule has 0 saturated carbocycles. The molecule has 0 bridgehead atoms. The molecule has 1 unspecified atom stereocenters. The Morgan fingerprint density at radius 1 is 0.480 bits per heavy atom. The van der Waals surface area contributed by atoms with Gasteiger partial charge < -0.3 is 9.80 Å². The molecule has 1 atom stereocenters. The normalized spacial score (nSPS) is 14.9. The van der Waals surface area contributed by atoms with E-state index in [2.05, 4.69) is 198 Å². The van der Waals surface area contributed by atoms with Crippen LogP contribution in [-0.4, -0.2) is 0 Å². The molecule has 0 radical (unpaired) electrons. The van der Waals surface area contributed by atoms with E-state index in [0.717, 1.165) is 23.5 Å². The van der Waals surface area contributed by atoms with Crippen molar-refractivity contribution in [1.29, 1.82) is 0 Å². The first-order valence-corrected chi connectivity index (χ1v) is 17.5. The zero-order valence-corrected chi connectivity index (χ0v) is 27.6. The van der Waals surface area contributed by atoms with E-state index in [1.807, 2.05) is 0 Å². The Balaban J connectivity index is 1.04. The van der Waals surface area contributed by atoms with E-state index in [1.165, 1.54) is 66.1 Å². The number of benzene rings is 8. The quantitative estimate of drug-likeness (QED) is 0.173. The molecule has 0 aromatic heterocycles. The van der Waals surface area contributed by atoms with Gasteiger partial charge in [-0.25, -0.2) is 0 Å². The molecule has 1 aliphatic heterocycles. The van der Waals surface area contributed by atoms with Gasteiger partial charge in [0, 0.05) is 34.4 Å². The largest absolute Gasteiger partial charge is 0.313 e. The highest BCUT2D eigenvalue weighted by Crippen LogP contribution is 2.52. The van der Waals surface area contributed by atoms with Crippen LogP contribution in [0.3, 0.4) is 0 Å². The maximum Gasteiger partial charge on any atom is 0.0518 e. The van der Waals surface area contributed by atoms with Gasteiger partial charge in [0.05, 0.1) is 5.69 Å². The molecule has 1 heterocycles. The van der Waals surface area contributed by atoms with Crippen molar-refractivity contribution in [1.82, 2.24) is 0 Å². The second-order valence-corrected chi connectivity index (χ2v) is 13.3. The van der Waals surface area contributed by atoms with Crippen molar-refractivity contribution in [3.05, 3.63) is 199 Å². The fraction of sp³-hybridized carbons (Fsp3) is 0.0417. The molecule has 0 amide bonds. The van der Waals surface area contributed by atoms with Gasteiger partial charge in [-0.05, 0) is 116 Å². The standard InChI is InChI=1S/C48H34N2/c1-3-12-37(13-4-1)49(40-26-30-46-45-17-9-10-18-47(45)50(48(46)32-40)38-14-5-2-6-15-38)39-24-19-33(20-25-39)35-22-27-42-36(31-35)23-29-43-41-16-8-7-11-34(41)21-28-44(42)43/h1-16,18-32,45H,17H2. The molecule has 1 aliphatic carbocycles. The van der Waals surface area contributed by atoms with Crippen molar-refractivity contribution in [2.45, 2.75) is 12.3 Å². The van der Waals surface area contributed by atoms with Crippen molar-refractivity contribution in [3.8, 4) is 11.1 Å². The molecule has 50 heavy (non-hydrogen) atoms. The van der Waals surface area contributed by atoms with Gasteiger partial charge in [0.2, 0.25) is 0 Å². The topological polar surface area (TPSA) is 6.48 Å². The summed E-state index contributed by atoms with van der Waals surface area (Å²) in [5.41, 5.74) is 11.0. The minimum Gasteiger partial charge on any atom is -0.313 e. The second-order valence-electron chi connectivity index (χ2n) is 13.3. The van der Waals surface area contributed by atoms with E-state index in [-0.39, 0.29) is 0 Å². The first-order chi connectivity index (χ1) is 24.8. The highest BCUT2D eigenvalue weighted by atomic mass is 15.2. The minimum atomic E-state index is 0.369. The van der Waals surface area contributed by atoms with Gasteiger partial charge in [-0.3, -0.25) is 0 Å². The van der Waals surface area contributed by atoms with Gasteiger partial charge in [0.25, 0.3) is 0 Å². The van der Waals surface area contributed by atoms with Crippen LogP contribution in [0.4, 0.5) is 28.4 Å². The highest BCUT2D eigenvalue weighted by molar-refractivity contribution is 6.17. The van der Waals surface area contributed by atoms with Crippen LogP contribution in [0.15, 0.2) is 194 Å². The van der Waals surface area contributed by atoms with Crippen LogP contribution in [0.5, 0.6) is 0 Å². The van der Waals surface area contributed by atoms with E-state index >= 15 is 0 Å². The van der Waals surface area contributed by atoms with Crippen molar-refractivity contribution in [2.75, 3.05) is 9.80 Å². The minimum absolute atomic E-state index is 0.369. The van der Waals surface area contributed by atoms with Gasteiger partial charge in [-0.2, -0.15) is 0 Å². The number of para-hydroxylation sites is 2. The molecule has 2 heteroatoms. The Hall–Kier alpha value is -6.38. The zero-order chi connectivity index (χ0) is 33.0. The molecule has 0 fully saturated rings. The summed E-state index contributed by atoms with van der Waals surface area (Å²) in [4.78, 5) is 4.82. The maximum absolute atomic E-state index is 2.45. The lowest BCUT2D eigenvalue weighted by atomic mass is 9.92. The van der Waals surface area contributed by atoms with Crippen LogP contribution < -0.4 is 9.80 Å². The predicted molar refractivity (Wildman–Crippen MR) is 212 cm³/mol. The summed E-state index contributed by atoms with van der Waals surface area (Å²) >= 11 is 0. The molecule has 10 rings (SSSR count). The summed E-state index contributed by atoms with van der Waals surface area (Å²) in [7, 11) is 0. The summed E-state index contributed by atoms with van der Waals surface area (Å²) in [5, 5.41) is 7.73. The Labute approximate surface area is 292 Å². The average molecular weight is 639 g/mol. The number of hydrogen-bond donors (Lipinski definition) is 0. The van der Waals surface area contributed by atoms with Crippen LogP contribution in [0.1, 0.15) is 17.9 Å². The summed E-state index contributed by atoms with van der Waals surface area (Å²) in [6.45, 7) is 0. The smallest absolute Gasteiger partial charge is 0.0518 e. The van der Waals surface area contributed by atoms with Crippen LogP contribution >= 0.6 is 0 Å². The van der Waals surface area contributed by atoms with Crippen molar-refractivity contribution < 1.29 is 0 Å². The molecule has 2 aliphatic rings. The van der Waals surface area contributed by atoms with Gasteiger partial charge >= 0.3 is 0 Å². The lowest BCUT2D eigenvalue weighted by molar-refractivity contribution is 0.819. The number of fused-ring (bicyclic) bond motifs is 8. The Bertz CT molecular complexity index is 2620. The van der Waals surface area contributed by atoms with E-state index in [4.69, 9.17) is 0 Å². The average Bonchev–Trinajstić information content (AvgIpc) is 3.52. The molecule has 2 nitrogen and oxygen atoms in total. The molecule has 0 N–H and O–H groups in total. The predicted octanol–water partition coefficient (Wildman–Crippen LogP) is 13.4. The molecule has 0 saturated heterocycles. The van der Waals surface area contributed by atoms with Crippen LogP contribution in [0, 0.1) is 0 Å². The van der Waals surface area contributed by atoms with E-state index < -0.39 is 0 Å². The first kappa shape index (κ1) is 28.6. The Kier molecular flexibility index (Phi) is 6.67. The van der Waals surface area contributed by atoms with Gasteiger partial charge in [-0.1, -0.05) is 127 Å². The third kappa shape index (κ3) is 4.64. The van der Waals surface area contributed by atoms with E-state index in [0.29, 0.717) is 5.92 Å². The number of nitrogens with zero attached hydrogens (tertiary/aromatic N) is 2. The molecule has 0 spiro atoms. The van der Waals surface area contributed by atoms with Crippen LogP contribution in [0.25, 0.3) is 43.4 Å². The number of rotatable bonds is 5. The fourth-order valence-electron chi connectivity index (χ4n) is 8.13. The molecule has 8 aromatic rings. The van der Waals surface area contributed by atoms with Gasteiger partial charge in [0.1, 0.15) is 0 Å². The van der Waals surface area contributed by atoms with Crippen LogP contribution in [0.2, 0.25) is 0 Å². The molecular formula is C48H34N2. The third-order valence-electron chi connectivity index (χ3n) is 10.5. The number of anilines is 5. The highest BCUT2D eigenvalue weighted by Gasteiger charge is 2.35. The van der Waals surface area contributed by atoms with Gasteiger partial charge in [0.15, 0.2) is 0 Å². The van der Waals surface area contributed by atoms with Crippen molar-refractivity contribution >= 4 is 60.8 Å². The summed E-state index contributed by atoms with van der Waals surface area (Å²) in [6.07, 6.45) is 7.79. The Morgan fingerprint density at radius 2 is 1.12 bits per heavy atom. The molecule has 236 valence electrons. The van der Waals surface area contributed by atoms with Crippen LogP contribution in [-0.2, 0) is 0 Å². The Morgan fingerprint density at radius 3 is 1.94 bits per heavy atom. The van der Waals surface area contributed by atoms with Crippen molar-refractivity contribution in [3.63, 3.8) is 0 Å². The number of hydrogen-bond acceptors (Lipinski definition) is 2. The number of allylic oxidation sites excluding steroid dienone is 4. The monoisotopic (exact) mass is 638 g/mol. The lowest BCUT2D eigenvalue weighted by Gasteiger charge is -2.28. The van der Waals surface area contributed by atoms with E-state index in [1.54, 1.807) is 0 Å². The summed E-state index contributed by atoms with van der Waals surface area (Å²) in [5.74, 6) is 0.369. The van der Waals surface area contributed by atoms with Crippen molar-refractivity contribution in [2.24, 2.45) is 0 Å². The molecular weight excluding hydrogens is 605 g/mol. The maximum atomic E-state index is 2.45.